The SMILES string of the molecule is O=C(Nc1cc2sc(N3CCOCC3)nc2cc1N1CCC(CO)CC1)c1cnn2cccnc12. The Morgan fingerprint density at radius 3 is 2.80 bits per heavy atom. The maximum atomic E-state index is 13.3. The number of carbonyl (C=O) groups is 1. The normalized spacial score (nSPS) is 17.4. The molecule has 2 saturated heterocycles. The standard InChI is InChI=1S/C24H27N7O3S/c32-15-16-2-6-29(7-3-16)20-12-19-21(35-24(28-19)30-8-10-34-11-9-30)13-18(20)27-23(33)17-14-26-31-5-1-4-25-22(17)31/h1,4-5,12-14,16,32H,2-3,6-11,15H2,(H,27,33). The van der Waals surface area contributed by atoms with Crippen LogP contribution in [0.3, 0.4) is 0 Å². The third-order valence-electron chi connectivity index (χ3n) is 6.76. The number of hydrogen-bond acceptors (Lipinski definition) is 9. The summed E-state index contributed by atoms with van der Waals surface area (Å²) < 4.78 is 8.11. The summed E-state index contributed by atoms with van der Waals surface area (Å²) in [7, 11) is 0. The Labute approximate surface area is 206 Å². The first-order valence-corrected chi connectivity index (χ1v) is 12.7. The van der Waals surface area contributed by atoms with E-state index in [1.807, 2.05) is 6.07 Å². The second-order valence-corrected chi connectivity index (χ2v) is 9.96. The average molecular weight is 494 g/mol. The van der Waals surface area contributed by atoms with Crippen molar-refractivity contribution in [2.24, 2.45) is 5.92 Å². The van der Waals surface area contributed by atoms with Gasteiger partial charge in [-0.25, -0.2) is 14.5 Å². The number of fused-ring (bicyclic) bond motifs is 2. The van der Waals surface area contributed by atoms with Crippen LogP contribution in [0.1, 0.15) is 23.2 Å². The van der Waals surface area contributed by atoms with Gasteiger partial charge < -0.3 is 25.0 Å². The summed E-state index contributed by atoms with van der Waals surface area (Å²) in [4.78, 5) is 27.1. The number of aliphatic hydroxyl groups is 1. The first-order valence-electron chi connectivity index (χ1n) is 11.9. The number of aliphatic hydroxyl groups excluding tert-OH is 1. The zero-order valence-corrected chi connectivity index (χ0v) is 20.1. The number of ether oxygens (including phenoxy) is 1. The number of hydrogen-bond donors (Lipinski definition) is 2. The van der Waals surface area contributed by atoms with E-state index in [2.05, 4.69) is 31.3 Å². The van der Waals surface area contributed by atoms with E-state index < -0.39 is 0 Å². The topological polar surface area (TPSA) is 108 Å². The van der Waals surface area contributed by atoms with E-state index in [-0.39, 0.29) is 12.5 Å². The van der Waals surface area contributed by atoms with Gasteiger partial charge >= 0.3 is 0 Å². The van der Waals surface area contributed by atoms with Crippen LogP contribution in [-0.2, 0) is 4.74 Å². The number of nitrogens with zero attached hydrogens (tertiary/aromatic N) is 6. The summed E-state index contributed by atoms with van der Waals surface area (Å²) >= 11 is 1.63. The molecule has 3 aromatic heterocycles. The highest BCUT2D eigenvalue weighted by Crippen LogP contribution is 2.38. The minimum atomic E-state index is -0.248. The summed E-state index contributed by atoms with van der Waals surface area (Å²) in [6.45, 7) is 4.91. The molecule has 0 bridgehead atoms. The highest BCUT2D eigenvalue weighted by atomic mass is 32.1. The second-order valence-electron chi connectivity index (χ2n) is 8.95. The summed E-state index contributed by atoms with van der Waals surface area (Å²) in [6.07, 6.45) is 6.80. The van der Waals surface area contributed by atoms with Gasteiger partial charge in [-0.05, 0) is 37.0 Å². The molecule has 2 aliphatic heterocycles. The van der Waals surface area contributed by atoms with Gasteiger partial charge in [0, 0.05) is 45.2 Å². The minimum absolute atomic E-state index is 0.215. The molecule has 182 valence electrons. The van der Waals surface area contributed by atoms with E-state index in [1.165, 1.54) is 0 Å². The number of morpholine rings is 1. The molecular formula is C24H27N7O3S. The van der Waals surface area contributed by atoms with Gasteiger partial charge in [0.1, 0.15) is 5.56 Å². The molecule has 0 saturated carbocycles. The van der Waals surface area contributed by atoms with Crippen molar-refractivity contribution < 1.29 is 14.6 Å². The van der Waals surface area contributed by atoms with Crippen molar-refractivity contribution in [2.45, 2.75) is 12.8 Å². The zero-order chi connectivity index (χ0) is 23.8. The molecule has 2 fully saturated rings. The minimum Gasteiger partial charge on any atom is -0.396 e. The lowest BCUT2D eigenvalue weighted by Crippen LogP contribution is -2.36. The Morgan fingerprint density at radius 2 is 2.00 bits per heavy atom. The molecule has 1 amide bonds. The highest BCUT2D eigenvalue weighted by Gasteiger charge is 2.24. The zero-order valence-electron chi connectivity index (χ0n) is 19.3. The molecule has 0 unspecified atom stereocenters. The van der Waals surface area contributed by atoms with E-state index in [0.717, 1.165) is 65.7 Å². The van der Waals surface area contributed by atoms with Crippen molar-refractivity contribution in [3.63, 3.8) is 0 Å². The summed E-state index contributed by atoms with van der Waals surface area (Å²) in [5, 5.41) is 17.9. The third kappa shape index (κ3) is 4.30. The Hall–Kier alpha value is -3.28. The molecule has 0 spiro atoms. The van der Waals surface area contributed by atoms with Gasteiger partial charge in [-0.2, -0.15) is 5.10 Å². The monoisotopic (exact) mass is 493 g/mol. The summed E-state index contributed by atoms with van der Waals surface area (Å²) in [5.74, 6) is 0.0764. The van der Waals surface area contributed by atoms with Crippen molar-refractivity contribution in [3.8, 4) is 0 Å². The van der Waals surface area contributed by atoms with E-state index in [9.17, 15) is 9.90 Å². The lowest BCUT2D eigenvalue weighted by molar-refractivity contribution is 0.102. The number of amides is 1. The van der Waals surface area contributed by atoms with Crippen LogP contribution in [-0.4, -0.2) is 76.6 Å². The van der Waals surface area contributed by atoms with Gasteiger partial charge in [-0.15, -0.1) is 0 Å². The van der Waals surface area contributed by atoms with Gasteiger partial charge in [0.05, 0.1) is 41.0 Å². The van der Waals surface area contributed by atoms with E-state index in [0.29, 0.717) is 30.3 Å². The highest BCUT2D eigenvalue weighted by molar-refractivity contribution is 7.22. The van der Waals surface area contributed by atoms with Crippen LogP contribution < -0.4 is 15.1 Å². The molecule has 2 N–H and O–H groups in total. The second kappa shape index (κ2) is 9.40. The lowest BCUT2D eigenvalue weighted by Gasteiger charge is -2.34. The maximum absolute atomic E-state index is 13.3. The smallest absolute Gasteiger partial charge is 0.261 e. The Balaban J connectivity index is 1.36. The molecule has 5 heterocycles. The molecule has 2 aliphatic rings. The first-order chi connectivity index (χ1) is 17.2. The fourth-order valence-electron chi connectivity index (χ4n) is 4.74. The van der Waals surface area contributed by atoms with Gasteiger partial charge in [-0.1, -0.05) is 11.3 Å². The van der Waals surface area contributed by atoms with E-state index in [4.69, 9.17) is 9.72 Å². The van der Waals surface area contributed by atoms with Crippen molar-refractivity contribution >= 4 is 49.6 Å². The first kappa shape index (κ1) is 22.2. The van der Waals surface area contributed by atoms with Crippen LogP contribution in [0.15, 0.2) is 36.8 Å². The quantitative estimate of drug-likeness (QED) is 0.437. The molecule has 1 aromatic carbocycles. The number of piperidine rings is 1. The van der Waals surface area contributed by atoms with Gasteiger partial charge in [-0.3, -0.25) is 4.79 Å². The van der Waals surface area contributed by atoms with Gasteiger partial charge in [0.25, 0.3) is 5.91 Å². The summed E-state index contributed by atoms with van der Waals surface area (Å²) in [5.41, 5.74) is 3.56. The van der Waals surface area contributed by atoms with E-state index >= 15 is 0 Å². The van der Waals surface area contributed by atoms with Crippen molar-refractivity contribution in [1.29, 1.82) is 0 Å². The number of thiazole rings is 1. The fraction of sp³-hybridized carbons (Fsp3) is 0.417. The number of rotatable bonds is 5. The lowest BCUT2D eigenvalue weighted by atomic mass is 9.97. The fourth-order valence-corrected chi connectivity index (χ4v) is 5.77. The van der Waals surface area contributed by atoms with Crippen LogP contribution in [0, 0.1) is 5.92 Å². The molecule has 0 atom stereocenters. The number of carbonyl (C=O) groups excluding carboxylic acids is 1. The predicted octanol–water partition coefficient (Wildman–Crippen LogP) is 2.64. The Kier molecular flexibility index (Phi) is 5.96. The van der Waals surface area contributed by atoms with Gasteiger partial charge in [0.15, 0.2) is 10.8 Å². The molecule has 10 nitrogen and oxygen atoms in total. The maximum Gasteiger partial charge on any atom is 0.261 e. The molecule has 35 heavy (non-hydrogen) atoms. The van der Waals surface area contributed by atoms with Gasteiger partial charge in [0.2, 0.25) is 0 Å². The molecule has 0 aliphatic carbocycles. The van der Waals surface area contributed by atoms with Crippen LogP contribution in [0.5, 0.6) is 0 Å². The van der Waals surface area contributed by atoms with Crippen LogP contribution >= 0.6 is 11.3 Å². The molecular weight excluding hydrogens is 466 g/mol. The Bertz CT molecular complexity index is 1360. The predicted molar refractivity (Wildman–Crippen MR) is 136 cm³/mol. The third-order valence-corrected chi connectivity index (χ3v) is 7.84. The molecule has 4 aromatic rings. The van der Waals surface area contributed by atoms with Crippen LogP contribution in [0.4, 0.5) is 16.5 Å². The van der Waals surface area contributed by atoms with Crippen molar-refractivity contribution in [2.75, 3.05) is 61.1 Å². The number of anilines is 3. The number of nitrogens with one attached hydrogen (secondary N) is 1. The van der Waals surface area contributed by atoms with Crippen LogP contribution in [0.2, 0.25) is 0 Å². The molecule has 11 heteroatoms. The number of aromatic nitrogens is 4. The largest absolute Gasteiger partial charge is 0.396 e. The van der Waals surface area contributed by atoms with Crippen LogP contribution in [0.25, 0.3) is 15.9 Å². The van der Waals surface area contributed by atoms with Crippen molar-refractivity contribution in [1.82, 2.24) is 19.6 Å². The van der Waals surface area contributed by atoms with E-state index in [1.54, 1.807) is 40.5 Å². The molecule has 6 rings (SSSR count). The summed E-state index contributed by atoms with van der Waals surface area (Å²) in [6, 6.07) is 5.89. The van der Waals surface area contributed by atoms with Crippen molar-refractivity contribution in [3.05, 3.63) is 42.4 Å². The molecule has 0 radical (unpaired) electrons. The number of benzene rings is 1. The average Bonchev–Trinajstić information content (AvgIpc) is 3.53. The Morgan fingerprint density at radius 1 is 1.17 bits per heavy atom.